The maximum Gasteiger partial charge on any atom is 0.251 e. The van der Waals surface area contributed by atoms with Gasteiger partial charge >= 0.3 is 0 Å². The maximum atomic E-state index is 11.7. The topological polar surface area (TPSA) is 34.9 Å². The molecule has 0 fully saturated rings. The average Bonchev–Trinajstić information content (AvgIpc) is 2.22. The van der Waals surface area contributed by atoms with Crippen LogP contribution < -0.4 is 5.56 Å². The summed E-state index contributed by atoms with van der Waals surface area (Å²) in [6, 6.07) is 5.51. The predicted molar refractivity (Wildman–Crippen MR) is 66.5 cm³/mol. The Labute approximate surface area is 102 Å². The van der Waals surface area contributed by atoms with Gasteiger partial charge < -0.3 is 4.57 Å². The molecule has 0 aliphatic heterocycles. The van der Waals surface area contributed by atoms with Gasteiger partial charge in [-0.25, -0.2) is 0 Å². The van der Waals surface area contributed by atoms with Crippen molar-refractivity contribution >= 4 is 15.9 Å². The monoisotopic (exact) mass is 278 g/mol. The second-order valence-electron chi connectivity index (χ2n) is 3.68. The van der Waals surface area contributed by atoms with Gasteiger partial charge in [0.05, 0.1) is 6.54 Å². The van der Waals surface area contributed by atoms with Crippen LogP contribution in [0.4, 0.5) is 0 Å². The van der Waals surface area contributed by atoms with Crippen LogP contribution >= 0.6 is 15.9 Å². The van der Waals surface area contributed by atoms with Gasteiger partial charge in [0, 0.05) is 29.1 Å². The van der Waals surface area contributed by atoms with E-state index in [1.165, 1.54) is 0 Å². The van der Waals surface area contributed by atoms with E-state index in [1.54, 1.807) is 29.2 Å². The first-order chi connectivity index (χ1) is 7.65. The summed E-state index contributed by atoms with van der Waals surface area (Å²) in [5, 5.41) is 0. The van der Waals surface area contributed by atoms with Gasteiger partial charge in [-0.15, -0.1) is 0 Å². The highest BCUT2D eigenvalue weighted by Crippen LogP contribution is 2.10. The van der Waals surface area contributed by atoms with Crippen molar-refractivity contribution < 1.29 is 0 Å². The van der Waals surface area contributed by atoms with Gasteiger partial charge in [0.25, 0.3) is 5.56 Å². The fourth-order valence-electron chi connectivity index (χ4n) is 1.48. The zero-order chi connectivity index (χ0) is 11.5. The normalized spacial score (nSPS) is 10.4. The Balaban J connectivity index is 2.31. The molecule has 0 unspecified atom stereocenters. The molecule has 2 rings (SSSR count). The molecular formula is C12H11BrN2O. The van der Waals surface area contributed by atoms with Gasteiger partial charge in [0.15, 0.2) is 0 Å². The molecule has 0 bridgehead atoms. The van der Waals surface area contributed by atoms with Crippen LogP contribution in [-0.4, -0.2) is 9.55 Å². The lowest BCUT2D eigenvalue weighted by Crippen LogP contribution is -2.19. The maximum absolute atomic E-state index is 11.7. The van der Waals surface area contributed by atoms with Crippen LogP contribution in [0.2, 0.25) is 0 Å². The molecule has 2 aromatic rings. The van der Waals surface area contributed by atoms with Gasteiger partial charge in [-0.05, 0) is 46.1 Å². The van der Waals surface area contributed by atoms with Crippen LogP contribution in [0, 0.1) is 6.92 Å². The molecule has 0 aliphatic carbocycles. The van der Waals surface area contributed by atoms with Crippen molar-refractivity contribution in [1.82, 2.24) is 9.55 Å². The summed E-state index contributed by atoms with van der Waals surface area (Å²) in [4.78, 5) is 15.7. The summed E-state index contributed by atoms with van der Waals surface area (Å²) < 4.78 is 2.58. The van der Waals surface area contributed by atoms with Crippen molar-refractivity contribution in [3.63, 3.8) is 0 Å². The third kappa shape index (κ3) is 2.58. The predicted octanol–water partition coefficient (Wildman–Crippen LogP) is 2.36. The van der Waals surface area contributed by atoms with E-state index >= 15 is 0 Å². The lowest BCUT2D eigenvalue weighted by atomic mass is 10.2. The number of nitrogens with zero attached hydrogens (tertiary/aromatic N) is 2. The van der Waals surface area contributed by atoms with Crippen LogP contribution in [0.5, 0.6) is 0 Å². The van der Waals surface area contributed by atoms with Gasteiger partial charge in [0.2, 0.25) is 0 Å². The van der Waals surface area contributed by atoms with Crippen molar-refractivity contribution in [2.75, 3.05) is 0 Å². The molecule has 0 N–H and O–H groups in total. The molecule has 4 heteroatoms. The van der Waals surface area contributed by atoms with Crippen LogP contribution in [0.1, 0.15) is 11.1 Å². The third-order valence-electron chi connectivity index (χ3n) is 2.27. The van der Waals surface area contributed by atoms with Crippen molar-refractivity contribution in [1.29, 1.82) is 0 Å². The molecule has 0 saturated heterocycles. The minimum atomic E-state index is 0.0139. The highest BCUT2D eigenvalue weighted by Gasteiger charge is 1.99. The Kier molecular flexibility index (Phi) is 3.19. The first-order valence-corrected chi connectivity index (χ1v) is 5.71. The van der Waals surface area contributed by atoms with Gasteiger partial charge in [-0.2, -0.15) is 0 Å². The van der Waals surface area contributed by atoms with E-state index in [4.69, 9.17) is 0 Å². The molecule has 3 nitrogen and oxygen atoms in total. The number of hydrogen-bond donors (Lipinski definition) is 0. The highest BCUT2D eigenvalue weighted by atomic mass is 79.9. The summed E-state index contributed by atoms with van der Waals surface area (Å²) >= 11 is 3.36. The van der Waals surface area contributed by atoms with Crippen molar-refractivity contribution in [3.05, 3.63) is 62.7 Å². The smallest absolute Gasteiger partial charge is 0.251 e. The highest BCUT2D eigenvalue weighted by molar-refractivity contribution is 9.10. The number of rotatable bonds is 2. The van der Waals surface area contributed by atoms with E-state index in [0.29, 0.717) is 6.54 Å². The fourth-order valence-corrected chi connectivity index (χ4v) is 1.89. The fraction of sp³-hybridized carbons (Fsp3) is 0.167. The second kappa shape index (κ2) is 4.61. The SMILES string of the molecule is Cc1ccn(Cc2cncc(Br)c2)c(=O)c1. The molecule has 2 heterocycles. The Morgan fingerprint density at radius 3 is 2.88 bits per heavy atom. The van der Waals surface area contributed by atoms with Gasteiger partial charge in [-0.1, -0.05) is 0 Å². The molecule has 82 valence electrons. The number of hydrogen-bond acceptors (Lipinski definition) is 2. The van der Waals surface area contributed by atoms with Gasteiger partial charge in [-0.3, -0.25) is 9.78 Å². The minimum Gasteiger partial charge on any atom is -0.311 e. The van der Waals surface area contributed by atoms with E-state index < -0.39 is 0 Å². The van der Waals surface area contributed by atoms with E-state index in [9.17, 15) is 4.79 Å². The minimum absolute atomic E-state index is 0.0139. The first kappa shape index (κ1) is 11.1. The molecule has 0 spiro atoms. The molecular weight excluding hydrogens is 268 g/mol. The number of halogens is 1. The Morgan fingerprint density at radius 1 is 1.38 bits per heavy atom. The van der Waals surface area contributed by atoms with Crippen molar-refractivity contribution in [2.45, 2.75) is 13.5 Å². The number of pyridine rings is 2. The third-order valence-corrected chi connectivity index (χ3v) is 2.70. The van der Waals surface area contributed by atoms with E-state index in [0.717, 1.165) is 15.6 Å². The second-order valence-corrected chi connectivity index (χ2v) is 4.60. The summed E-state index contributed by atoms with van der Waals surface area (Å²) in [6.07, 6.45) is 5.29. The quantitative estimate of drug-likeness (QED) is 0.845. The van der Waals surface area contributed by atoms with E-state index in [2.05, 4.69) is 20.9 Å². The summed E-state index contributed by atoms with van der Waals surface area (Å²) in [7, 11) is 0. The molecule has 0 atom stereocenters. The lowest BCUT2D eigenvalue weighted by molar-refractivity contribution is 0.753. The van der Waals surface area contributed by atoms with Crippen LogP contribution in [-0.2, 0) is 6.54 Å². The molecule has 2 aromatic heterocycles. The zero-order valence-corrected chi connectivity index (χ0v) is 10.4. The molecule has 16 heavy (non-hydrogen) atoms. The molecule has 0 saturated carbocycles. The van der Waals surface area contributed by atoms with Crippen molar-refractivity contribution in [3.8, 4) is 0 Å². The lowest BCUT2D eigenvalue weighted by Gasteiger charge is -2.05. The molecule has 0 amide bonds. The van der Waals surface area contributed by atoms with Crippen LogP contribution in [0.25, 0.3) is 0 Å². The standard InChI is InChI=1S/C12H11BrN2O/c1-9-2-3-15(12(16)4-9)8-10-5-11(13)7-14-6-10/h2-7H,8H2,1H3. The Morgan fingerprint density at radius 2 is 2.19 bits per heavy atom. The van der Waals surface area contributed by atoms with Crippen molar-refractivity contribution in [2.24, 2.45) is 0 Å². The summed E-state index contributed by atoms with van der Waals surface area (Å²) in [5.74, 6) is 0. The summed E-state index contributed by atoms with van der Waals surface area (Å²) in [6.45, 7) is 2.46. The zero-order valence-electron chi connectivity index (χ0n) is 8.85. The summed E-state index contributed by atoms with van der Waals surface area (Å²) in [5.41, 5.74) is 1.99. The van der Waals surface area contributed by atoms with Crippen LogP contribution in [0.3, 0.4) is 0 Å². The molecule has 0 aromatic carbocycles. The number of aromatic nitrogens is 2. The van der Waals surface area contributed by atoms with Crippen LogP contribution in [0.15, 0.2) is 46.1 Å². The first-order valence-electron chi connectivity index (χ1n) is 4.92. The van der Waals surface area contributed by atoms with E-state index in [1.807, 2.05) is 19.1 Å². The van der Waals surface area contributed by atoms with E-state index in [-0.39, 0.29) is 5.56 Å². The molecule has 0 aliphatic rings. The Hall–Kier alpha value is -1.42. The largest absolute Gasteiger partial charge is 0.311 e. The number of aryl methyl sites for hydroxylation is 1. The average molecular weight is 279 g/mol. The molecule has 0 radical (unpaired) electrons. The Bertz CT molecular complexity index is 563. The van der Waals surface area contributed by atoms with Gasteiger partial charge in [0.1, 0.15) is 0 Å².